The Balaban J connectivity index is 2.12. The lowest BCUT2D eigenvalue weighted by molar-refractivity contribution is 1.09. The summed E-state index contributed by atoms with van der Waals surface area (Å²) in [6, 6.07) is 5.65. The summed E-state index contributed by atoms with van der Waals surface area (Å²) in [6.45, 7) is 2.03. The molecule has 0 spiro atoms. The van der Waals surface area contributed by atoms with Crippen LogP contribution in [-0.4, -0.2) is 15.0 Å². The molecule has 0 amide bonds. The molecular formula is C12H9ClN4S2. The molecule has 96 valence electrons. The van der Waals surface area contributed by atoms with Crippen molar-refractivity contribution in [2.24, 2.45) is 0 Å². The lowest BCUT2D eigenvalue weighted by Gasteiger charge is -2.04. The first-order valence-corrected chi connectivity index (χ1v) is 7.46. The number of anilines is 1. The number of aromatic nitrogens is 3. The van der Waals surface area contributed by atoms with Crippen LogP contribution in [0, 0.1) is 6.92 Å². The SMILES string of the molecule is Cc1cc2c(Sc3ncccc3Cl)nc(N)nc2s1. The minimum Gasteiger partial charge on any atom is -0.368 e. The summed E-state index contributed by atoms with van der Waals surface area (Å²) in [5.41, 5.74) is 5.74. The van der Waals surface area contributed by atoms with E-state index < -0.39 is 0 Å². The van der Waals surface area contributed by atoms with E-state index in [4.69, 9.17) is 17.3 Å². The molecule has 0 aromatic carbocycles. The molecule has 0 aliphatic rings. The van der Waals surface area contributed by atoms with E-state index in [1.807, 2.05) is 6.92 Å². The van der Waals surface area contributed by atoms with Crippen LogP contribution in [0.4, 0.5) is 5.95 Å². The largest absolute Gasteiger partial charge is 0.368 e. The van der Waals surface area contributed by atoms with Crippen LogP contribution in [0.1, 0.15) is 4.88 Å². The highest BCUT2D eigenvalue weighted by Gasteiger charge is 2.12. The van der Waals surface area contributed by atoms with Crippen molar-refractivity contribution in [2.75, 3.05) is 5.73 Å². The maximum Gasteiger partial charge on any atom is 0.222 e. The molecule has 3 rings (SSSR count). The molecule has 3 aromatic heterocycles. The first-order chi connectivity index (χ1) is 9.13. The molecule has 19 heavy (non-hydrogen) atoms. The molecule has 0 aliphatic carbocycles. The second kappa shape index (κ2) is 4.96. The van der Waals surface area contributed by atoms with Crippen LogP contribution in [0.2, 0.25) is 5.02 Å². The van der Waals surface area contributed by atoms with Crippen LogP contribution in [0.15, 0.2) is 34.4 Å². The number of nitrogens with zero attached hydrogens (tertiary/aromatic N) is 3. The predicted octanol–water partition coefficient (Wildman–Crippen LogP) is 3.78. The third-order valence-electron chi connectivity index (χ3n) is 2.42. The highest BCUT2D eigenvalue weighted by Crippen LogP contribution is 2.36. The number of thiophene rings is 1. The Morgan fingerprint density at radius 3 is 2.95 bits per heavy atom. The maximum atomic E-state index is 6.11. The quantitative estimate of drug-likeness (QED) is 0.730. The van der Waals surface area contributed by atoms with Gasteiger partial charge in [-0.05, 0) is 36.9 Å². The fraction of sp³-hybridized carbons (Fsp3) is 0.0833. The number of aryl methyl sites for hydroxylation is 1. The first kappa shape index (κ1) is 12.7. The van der Waals surface area contributed by atoms with Crippen molar-refractivity contribution in [1.82, 2.24) is 15.0 Å². The smallest absolute Gasteiger partial charge is 0.222 e. The van der Waals surface area contributed by atoms with Gasteiger partial charge in [0.15, 0.2) is 0 Å². The van der Waals surface area contributed by atoms with Gasteiger partial charge in [0.1, 0.15) is 14.9 Å². The number of hydrogen-bond acceptors (Lipinski definition) is 6. The predicted molar refractivity (Wildman–Crippen MR) is 79.9 cm³/mol. The summed E-state index contributed by atoms with van der Waals surface area (Å²) in [6.07, 6.45) is 1.70. The van der Waals surface area contributed by atoms with E-state index in [2.05, 4.69) is 21.0 Å². The fourth-order valence-corrected chi connectivity index (χ4v) is 3.70. The normalized spacial score (nSPS) is 11.1. The zero-order valence-electron chi connectivity index (χ0n) is 9.92. The fourth-order valence-electron chi connectivity index (χ4n) is 1.65. The van der Waals surface area contributed by atoms with Crippen molar-refractivity contribution in [3.05, 3.63) is 34.3 Å². The van der Waals surface area contributed by atoms with Crippen molar-refractivity contribution in [2.45, 2.75) is 17.0 Å². The van der Waals surface area contributed by atoms with Crippen molar-refractivity contribution < 1.29 is 0 Å². The summed E-state index contributed by atoms with van der Waals surface area (Å²) in [5.74, 6) is 0.268. The number of rotatable bonds is 2. The molecule has 2 N–H and O–H groups in total. The molecule has 7 heteroatoms. The van der Waals surface area contributed by atoms with Gasteiger partial charge >= 0.3 is 0 Å². The monoisotopic (exact) mass is 308 g/mol. The molecule has 3 heterocycles. The summed E-state index contributed by atoms with van der Waals surface area (Å²) in [7, 11) is 0. The standard InChI is InChI=1S/C12H9ClN4S2/c1-6-5-7-9(18-6)16-12(14)17-10(7)19-11-8(13)3-2-4-15-11/h2-5H,1H3,(H2,14,16,17). The number of pyridine rings is 1. The molecule has 0 atom stereocenters. The lowest BCUT2D eigenvalue weighted by Crippen LogP contribution is -1.95. The van der Waals surface area contributed by atoms with Gasteiger partial charge in [-0.3, -0.25) is 0 Å². The molecule has 3 aromatic rings. The summed E-state index contributed by atoms with van der Waals surface area (Å²) in [4.78, 5) is 14.8. The Morgan fingerprint density at radius 2 is 2.16 bits per heavy atom. The van der Waals surface area contributed by atoms with E-state index in [9.17, 15) is 0 Å². The van der Waals surface area contributed by atoms with Crippen LogP contribution in [0.25, 0.3) is 10.2 Å². The van der Waals surface area contributed by atoms with Gasteiger partial charge in [-0.15, -0.1) is 11.3 Å². The third-order valence-corrected chi connectivity index (χ3v) is 4.80. The highest BCUT2D eigenvalue weighted by molar-refractivity contribution is 7.99. The Kier molecular flexibility index (Phi) is 3.30. The molecule has 0 saturated carbocycles. The molecular weight excluding hydrogens is 300 g/mol. The van der Waals surface area contributed by atoms with E-state index >= 15 is 0 Å². The highest BCUT2D eigenvalue weighted by atomic mass is 35.5. The Hall–Kier alpha value is -1.37. The molecule has 0 radical (unpaired) electrons. The van der Waals surface area contributed by atoms with Gasteiger partial charge < -0.3 is 5.73 Å². The number of hydrogen-bond donors (Lipinski definition) is 1. The van der Waals surface area contributed by atoms with E-state index in [1.165, 1.54) is 16.6 Å². The average Bonchev–Trinajstić information content (AvgIpc) is 2.72. The maximum absolute atomic E-state index is 6.11. The number of nitrogen functional groups attached to an aromatic ring is 1. The molecule has 0 saturated heterocycles. The van der Waals surface area contributed by atoms with Crippen molar-refractivity contribution >= 4 is 50.9 Å². The topological polar surface area (TPSA) is 64.7 Å². The first-order valence-electron chi connectivity index (χ1n) is 5.45. The molecule has 0 fully saturated rings. The lowest BCUT2D eigenvalue weighted by atomic mass is 10.4. The van der Waals surface area contributed by atoms with E-state index in [1.54, 1.807) is 29.7 Å². The van der Waals surface area contributed by atoms with Gasteiger partial charge in [-0.2, -0.15) is 0 Å². The summed E-state index contributed by atoms with van der Waals surface area (Å²) in [5, 5.41) is 3.09. The van der Waals surface area contributed by atoms with Crippen LogP contribution < -0.4 is 5.73 Å². The number of fused-ring (bicyclic) bond motifs is 1. The molecule has 0 aliphatic heterocycles. The van der Waals surface area contributed by atoms with Crippen LogP contribution >= 0.6 is 34.7 Å². The van der Waals surface area contributed by atoms with E-state index in [0.29, 0.717) is 10.0 Å². The molecule has 4 nitrogen and oxygen atoms in total. The van der Waals surface area contributed by atoms with Gasteiger partial charge in [-0.1, -0.05) is 11.6 Å². The molecule has 0 bridgehead atoms. The second-order valence-corrected chi connectivity index (χ2v) is 6.47. The number of nitrogens with two attached hydrogens (primary N) is 1. The van der Waals surface area contributed by atoms with Crippen LogP contribution in [0.5, 0.6) is 0 Å². The summed E-state index contributed by atoms with van der Waals surface area (Å²) < 4.78 is 0. The van der Waals surface area contributed by atoms with Gasteiger partial charge in [0, 0.05) is 16.5 Å². The van der Waals surface area contributed by atoms with Gasteiger partial charge in [0.05, 0.1) is 5.02 Å². The molecule has 0 unspecified atom stereocenters. The zero-order valence-corrected chi connectivity index (χ0v) is 12.3. The van der Waals surface area contributed by atoms with Gasteiger partial charge in [0.2, 0.25) is 5.95 Å². The van der Waals surface area contributed by atoms with E-state index in [-0.39, 0.29) is 5.95 Å². The number of halogens is 1. The Bertz CT molecular complexity index is 757. The van der Waals surface area contributed by atoms with Crippen molar-refractivity contribution in [3.8, 4) is 0 Å². The third kappa shape index (κ3) is 2.51. The van der Waals surface area contributed by atoms with Gasteiger partial charge in [-0.25, -0.2) is 15.0 Å². The van der Waals surface area contributed by atoms with Crippen molar-refractivity contribution in [1.29, 1.82) is 0 Å². The summed E-state index contributed by atoms with van der Waals surface area (Å²) >= 11 is 9.12. The minimum absolute atomic E-state index is 0.268. The van der Waals surface area contributed by atoms with Crippen LogP contribution in [0.3, 0.4) is 0 Å². The average molecular weight is 309 g/mol. The Labute approximate surface area is 123 Å². The minimum atomic E-state index is 0.268. The van der Waals surface area contributed by atoms with Crippen LogP contribution in [-0.2, 0) is 0 Å². The Morgan fingerprint density at radius 1 is 1.32 bits per heavy atom. The van der Waals surface area contributed by atoms with Gasteiger partial charge in [0.25, 0.3) is 0 Å². The van der Waals surface area contributed by atoms with E-state index in [0.717, 1.165) is 15.2 Å². The zero-order chi connectivity index (χ0) is 13.4. The second-order valence-electron chi connectivity index (χ2n) is 3.86. The van der Waals surface area contributed by atoms with Crippen molar-refractivity contribution in [3.63, 3.8) is 0 Å².